The lowest BCUT2D eigenvalue weighted by Gasteiger charge is -2.27. The maximum Gasteiger partial charge on any atom is 0.119 e. The third-order valence-electron chi connectivity index (χ3n) is 4.97. The van der Waals surface area contributed by atoms with Crippen LogP contribution in [0.1, 0.15) is 42.3 Å². The van der Waals surface area contributed by atoms with Gasteiger partial charge < -0.3 is 15.0 Å². The van der Waals surface area contributed by atoms with Crippen LogP contribution in [0.15, 0.2) is 36.5 Å². The zero-order chi connectivity index (χ0) is 17.6. The van der Waals surface area contributed by atoms with Crippen molar-refractivity contribution in [3.63, 3.8) is 0 Å². The fraction of sp³-hybridized carbons (Fsp3) is 0.476. The van der Waals surface area contributed by atoms with Gasteiger partial charge in [-0.05, 0) is 61.3 Å². The first-order valence-corrected chi connectivity index (χ1v) is 9.35. The quantitative estimate of drug-likeness (QED) is 0.839. The molecule has 134 valence electrons. The van der Waals surface area contributed by atoms with Crippen molar-refractivity contribution in [2.75, 3.05) is 32.8 Å². The van der Waals surface area contributed by atoms with Gasteiger partial charge in [0.2, 0.25) is 0 Å². The van der Waals surface area contributed by atoms with Gasteiger partial charge >= 0.3 is 0 Å². The molecule has 2 heterocycles. The number of aromatic nitrogens is 1. The van der Waals surface area contributed by atoms with Crippen LogP contribution in [0.2, 0.25) is 0 Å². The molecule has 1 aliphatic rings. The van der Waals surface area contributed by atoms with E-state index in [-0.39, 0.29) is 6.04 Å². The molecule has 1 aromatic carbocycles. The summed E-state index contributed by atoms with van der Waals surface area (Å²) in [6.07, 6.45) is 2.97. The third-order valence-corrected chi connectivity index (χ3v) is 4.97. The number of aryl methyl sites for hydroxylation is 1. The molecule has 0 spiro atoms. The summed E-state index contributed by atoms with van der Waals surface area (Å²) in [6.45, 7) is 11.3. The Labute approximate surface area is 151 Å². The van der Waals surface area contributed by atoms with Crippen LogP contribution >= 0.6 is 0 Å². The van der Waals surface area contributed by atoms with E-state index in [4.69, 9.17) is 4.74 Å². The molecule has 4 heteroatoms. The molecule has 4 nitrogen and oxygen atoms in total. The van der Waals surface area contributed by atoms with E-state index in [1.165, 1.54) is 16.7 Å². The van der Waals surface area contributed by atoms with Crippen molar-refractivity contribution in [2.24, 2.45) is 0 Å². The Kier molecular flexibility index (Phi) is 6.05. The molecule has 1 aromatic heterocycles. The number of likely N-dealkylation sites (N-methyl/N-ethyl adjacent to an activating group) is 1. The Hall–Kier alpha value is -1.91. The predicted molar refractivity (Wildman–Crippen MR) is 102 cm³/mol. The minimum absolute atomic E-state index is 0.175. The minimum Gasteiger partial charge on any atom is -0.492 e. The SMILES string of the molecule is CCN(CC)CCOc1ccc2c(c1)CCNC2c1ccc(C)cn1. The van der Waals surface area contributed by atoms with Gasteiger partial charge in [-0.15, -0.1) is 0 Å². The lowest BCUT2D eigenvalue weighted by Crippen LogP contribution is -2.31. The highest BCUT2D eigenvalue weighted by atomic mass is 16.5. The number of nitrogens with one attached hydrogen (secondary N) is 1. The topological polar surface area (TPSA) is 37.4 Å². The highest BCUT2D eigenvalue weighted by Crippen LogP contribution is 2.30. The predicted octanol–water partition coefficient (Wildman–Crippen LogP) is 3.35. The zero-order valence-corrected chi connectivity index (χ0v) is 15.6. The van der Waals surface area contributed by atoms with Gasteiger partial charge in [0.05, 0.1) is 11.7 Å². The number of rotatable bonds is 7. The Morgan fingerprint density at radius 1 is 1.20 bits per heavy atom. The second-order valence-corrected chi connectivity index (χ2v) is 6.63. The van der Waals surface area contributed by atoms with Crippen LogP contribution in [-0.2, 0) is 6.42 Å². The highest BCUT2D eigenvalue weighted by molar-refractivity contribution is 5.42. The number of pyridine rings is 1. The van der Waals surface area contributed by atoms with E-state index in [0.29, 0.717) is 0 Å². The molecule has 1 atom stereocenters. The summed E-state index contributed by atoms with van der Waals surface area (Å²) in [5.74, 6) is 0.975. The van der Waals surface area contributed by atoms with Crippen molar-refractivity contribution in [3.05, 3.63) is 58.9 Å². The molecule has 0 aliphatic carbocycles. The molecule has 0 radical (unpaired) electrons. The number of benzene rings is 1. The lowest BCUT2D eigenvalue weighted by atomic mass is 9.92. The fourth-order valence-electron chi connectivity index (χ4n) is 3.38. The Balaban J connectivity index is 1.70. The molecule has 0 saturated heterocycles. The molecule has 0 fully saturated rings. The Morgan fingerprint density at radius 2 is 2.04 bits per heavy atom. The standard InChI is InChI=1S/C21H29N3O/c1-4-24(5-2)12-13-25-18-7-8-19-17(14-18)10-11-22-21(19)20-9-6-16(3)15-23-20/h6-9,14-15,21-22H,4-5,10-13H2,1-3H3. The number of nitrogens with zero attached hydrogens (tertiary/aromatic N) is 2. The van der Waals surface area contributed by atoms with E-state index in [1.54, 1.807) is 0 Å². The zero-order valence-electron chi connectivity index (χ0n) is 15.6. The number of hydrogen-bond acceptors (Lipinski definition) is 4. The molecular formula is C21H29N3O. The lowest BCUT2D eigenvalue weighted by molar-refractivity contribution is 0.222. The van der Waals surface area contributed by atoms with Gasteiger partial charge in [-0.3, -0.25) is 4.98 Å². The van der Waals surface area contributed by atoms with Gasteiger partial charge in [0.25, 0.3) is 0 Å². The monoisotopic (exact) mass is 339 g/mol. The molecule has 0 saturated carbocycles. The second-order valence-electron chi connectivity index (χ2n) is 6.63. The fourth-order valence-corrected chi connectivity index (χ4v) is 3.38. The van der Waals surface area contributed by atoms with Crippen molar-refractivity contribution in [2.45, 2.75) is 33.2 Å². The smallest absolute Gasteiger partial charge is 0.119 e. The average Bonchev–Trinajstić information content (AvgIpc) is 2.65. The Bertz CT molecular complexity index is 680. The van der Waals surface area contributed by atoms with Crippen molar-refractivity contribution in [3.8, 4) is 5.75 Å². The molecule has 1 N–H and O–H groups in total. The third kappa shape index (κ3) is 4.39. The van der Waals surface area contributed by atoms with Crippen LogP contribution < -0.4 is 10.1 Å². The molecule has 0 bridgehead atoms. The Morgan fingerprint density at radius 3 is 2.76 bits per heavy atom. The number of fused-ring (bicyclic) bond motifs is 1. The molecule has 2 aromatic rings. The van der Waals surface area contributed by atoms with Crippen molar-refractivity contribution in [1.82, 2.24) is 15.2 Å². The first-order valence-electron chi connectivity index (χ1n) is 9.35. The van der Waals surface area contributed by atoms with Gasteiger partial charge in [-0.25, -0.2) is 0 Å². The van der Waals surface area contributed by atoms with Gasteiger partial charge in [-0.2, -0.15) is 0 Å². The van der Waals surface area contributed by atoms with Crippen LogP contribution in [0.25, 0.3) is 0 Å². The number of ether oxygens (including phenoxy) is 1. The number of hydrogen-bond donors (Lipinski definition) is 1. The summed E-state index contributed by atoms with van der Waals surface area (Å²) < 4.78 is 5.99. The van der Waals surface area contributed by atoms with Crippen molar-refractivity contribution < 1.29 is 4.74 Å². The van der Waals surface area contributed by atoms with Crippen LogP contribution in [0.3, 0.4) is 0 Å². The van der Waals surface area contributed by atoms with E-state index in [0.717, 1.165) is 50.7 Å². The van der Waals surface area contributed by atoms with E-state index in [2.05, 4.69) is 66.3 Å². The largest absolute Gasteiger partial charge is 0.492 e. The first kappa shape index (κ1) is 17.9. The molecule has 0 amide bonds. The molecule has 1 unspecified atom stereocenters. The van der Waals surface area contributed by atoms with E-state index in [9.17, 15) is 0 Å². The van der Waals surface area contributed by atoms with Crippen LogP contribution in [0, 0.1) is 6.92 Å². The summed E-state index contributed by atoms with van der Waals surface area (Å²) in [5.41, 5.74) is 4.96. The van der Waals surface area contributed by atoms with E-state index < -0.39 is 0 Å². The average molecular weight is 339 g/mol. The van der Waals surface area contributed by atoms with Gasteiger partial charge in [0.1, 0.15) is 12.4 Å². The summed E-state index contributed by atoms with van der Waals surface area (Å²) >= 11 is 0. The van der Waals surface area contributed by atoms with Crippen LogP contribution in [0.4, 0.5) is 0 Å². The van der Waals surface area contributed by atoms with Gasteiger partial charge in [0, 0.05) is 19.3 Å². The van der Waals surface area contributed by atoms with E-state index in [1.807, 2.05) is 6.20 Å². The first-order chi connectivity index (χ1) is 12.2. The second kappa shape index (κ2) is 8.45. The minimum atomic E-state index is 0.175. The summed E-state index contributed by atoms with van der Waals surface area (Å²) in [5, 5.41) is 3.59. The van der Waals surface area contributed by atoms with Crippen LogP contribution in [0.5, 0.6) is 5.75 Å². The molecule has 25 heavy (non-hydrogen) atoms. The molecule has 1 aliphatic heterocycles. The summed E-state index contributed by atoms with van der Waals surface area (Å²) in [4.78, 5) is 6.99. The maximum atomic E-state index is 5.99. The van der Waals surface area contributed by atoms with Crippen molar-refractivity contribution in [1.29, 1.82) is 0 Å². The van der Waals surface area contributed by atoms with Crippen LogP contribution in [-0.4, -0.2) is 42.7 Å². The van der Waals surface area contributed by atoms with Gasteiger partial charge in [-0.1, -0.05) is 26.0 Å². The maximum absolute atomic E-state index is 5.99. The van der Waals surface area contributed by atoms with Gasteiger partial charge in [0.15, 0.2) is 0 Å². The molecule has 3 rings (SSSR count). The summed E-state index contributed by atoms with van der Waals surface area (Å²) in [6, 6.07) is 10.9. The summed E-state index contributed by atoms with van der Waals surface area (Å²) in [7, 11) is 0. The normalized spacial score (nSPS) is 16.7. The highest BCUT2D eigenvalue weighted by Gasteiger charge is 2.22. The molecular weight excluding hydrogens is 310 g/mol. The van der Waals surface area contributed by atoms with E-state index >= 15 is 0 Å². The van der Waals surface area contributed by atoms with Crippen molar-refractivity contribution >= 4 is 0 Å².